The van der Waals surface area contributed by atoms with Crippen LogP contribution in [0.3, 0.4) is 0 Å². The Bertz CT molecular complexity index is 560. The summed E-state index contributed by atoms with van der Waals surface area (Å²) in [5, 5.41) is 3.56. The molecule has 1 aromatic heterocycles. The summed E-state index contributed by atoms with van der Waals surface area (Å²) in [5.74, 6) is 0.632. The maximum absolute atomic E-state index is 12.5. The lowest BCUT2D eigenvalue weighted by atomic mass is 10.0. The Morgan fingerprint density at radius 3 is 2.67 bits per heavy atom. The number of nitrogens with one attached hydrogen (secondary N) is 1. The normalized spacial score (nSPS) is 21.3. The quantitative estimate of drug-likeness (QED) is 0.855. The number of amides is 1. The third kappa shape index (κ3) is 3.26. The first-order chi connectivity index (χ1) is 9.89. The summed E-state index contributed by atoms with van der Waals surface area (Å²) in [4.78, 5) is 25.6. The summed E-state index contributed by atoms with van der Waals surface area (Å²) in [6.45, 7) is 7.91. The van der Waals surface area contributed by atoms with Gasteiger partial charge in [0.25, 0.3) is 0 Å². The molecule has 1 N–H and O–H groups in total. The van der Waals surface area contributed by atoms with E-state index in [-0.39, 0.29) is 11.9 Å². The van der Waals surface area contributed by atoms with Crippen LogP contribution in [0.1, 0.15) is 47.5 Å². The second-order valence-electron chi connectivity index (χ2n) is 5.34. The van der Waals surface area contributed by atoms with E-state index in [1.165, 1.54) is 11.3 Å². The summed E-state index contributed by atoms with van der Waals surface area (Å²) < 4.78 is 4.72. The number of hydrogen-bond donors (Lipinski definition) is 1. The number of carbonyl (C=O) groups is 2. The van der Waals surface area contributed by atoms with Crippen LogP contribution in [0, 0.1) is 13.8 Å². The minimum Gasteiger partial charge on any atom is -0.462 e. The van der Waals surface area contributed by atoms with Crippen LogP contribution in [-0.4, -0.2) is 29.0 Å². The number of anilines is 1. The van der Waals surface area contributed by atoms with Gasteiger partial charge in [0.1, 0.15) is 5.00 Å². The van der Waals surface area contributed by atoms with Crippen LogP contribution in [0.25, 0.3) is 0 Å². The first-order valence-electron chi connectivity index (χ1n) is 7.11. The number of carbonyl (C=O) groups excluding carboxylic acids is 2. The van der Waals surface area contributed by atoms with E-state index in [0.29, 0.717) is 17.2 Å². The average molecular weight is 327 g/mol. The number of aryl methyl sites for hydroxylation is 1. The van der Waals surface area contributed by atoms with Gasteiger partial charge < -0.3 is 10.1 Å². The van der Waals surface area contributed by atoms with Crippen LogP contribution in [-0.2, 0) is 9.53 Å². The van der Waals surface area contributed by atoms with Crippen molar-refractivity contribution in [1.29, 1.82) is 0 Å². The molecule has 1 fully saturated rings. The maximum atomic E-state index is 12.5. The van der Waals surface area contributed by atoms with E-state index in [9.17, 15) is 9.59 Å². The van der Waals surface area contributed by atoms with Crippen molar-refractivity contribution in [1.82, 2.24) is 0 Å². The molecule has 2 heterocycles. The fraction of sp³-hybridized carbons (Fsp3) is 0.600. The lowest BCUT2D eigenvalue weighted by Gasteiger charge is -2.21. The highest BCUT2D eigenvalue weighted by Gasteiger charge is 2.38. The van der Waals surface area contributed by atoms with Gasteiger partial charge in [-0.3, -0.25) is 4.79 Å². The van der Waals surface area contributed by atoms with E-state index in [2.05, 4.69) is 5.32 Å². The molecule has 0 saturated carbocycles. The lowest BCUT2D eigenvalue weighted by Crippen LogP contribution is -2.34. The highest BCUT2D eigenvalue weighted by atomic mass is 32.2. The van der Waals surface area contributed by atoms with Crippen molar-refractivity contribution in [2.75, 3.05) is 17.7 Å². The SMILES string of the molecule is CCOC(=O)c1c(NC(=O)C2(C)CCCS2)sc(C)c1C. The van der Waals surface area contributed by atoms with Gasteiger partial charge in [0, 0.05) is 4.88 Å². The molecule has 0 radical (unpaired) electrons. The minimum atomic E-state index is -0.391. The maximum Gasteiger partial charge on any atom is 0.341 e. The van der Waals surface area contributed by atoms with Crippen molar-refractivity contribution < 1.29 is 14.3 Å². The van der Waals surface area contributed by atoms with E-state index in [4.69, 9.17) is 4.74 Å². The summed E-state index contributed by atoms with van der Waals surface area (Å²) >= 11 is 3.12. The summed E-state index contributed by atoms with van der Waals surface area (Å²) in [6, 6.07) is 0. The van der Waals surface area contributed by atoms with Gasteiger partial charge in [-0.05, 0) is 51.9 Å². The molecular formula is C15H21NO3S2. The van der Waals surface area contributed by atoms with E-state index in [1.807, 2.05) is 20.8 Å². The third-order valence-electron chi connectivity index (χ3n) is 3.79. The first kappa shape index (κ1) is 16.4. The number of thioether (sulfide) groups is 1. The third-order valence-corrected chi connectivity index (χ3v) is 6.43. The molecule has 1 saturated heterocycles. The minimum absolute atomic E-state index is 0.0169. The Morgan fingerprint density at radius 1 is 1.38 bits per heavy atom. The number of hydrogen-bond acceptors (Lipinski definition) is 5. The van der Waals surface area contributed by atoms with E-state index >= 15 is 0 Å². The van der Waals surface area contributed by atoms with Crippen molar-refractivity contribution in [3.05, 3.63) is 16.0 Å². The highest BCUT2D eigenvalue weighted by molar-refractivity contribution is 8.01. The van der Waals surface area contributed by atoms with Crippen molar-refractivity contribution in [3.8, 4) is 0 Å². The van der Waals surface area contributed by atoms with Gasteiger partial charge >= 0.3 is 5.97 Å². The summed E-state index contributed by atoms with van der Waals surface area (Å²) in [5.41, 5.74) is 1.39. The van der Waals surface area contributed by atoms with Gasteiger partial charge in [0.2, 0.25) is 5.91 Å². The predicted octanol–water partition coefficient (Wildman–Crippen LogP) is 3.77. The van der Waals surface area contributed by atoms with E-state index in [0.717, 1.165) is 29.0 Å². The van der Waals surface area contributed by atoms with Crippen molar-refractivity contribution >= 4 is 40.0 Å². The molecule has 2 rings (SSSR count). The Morgan fingerprint density at radius 2 is 2.10 bits per heavy atom. The first-order valence-corrected chi connectivity index (χ1v) is 8.91. The monoisotopic (exact) mass is 327 g/mol. The fourth-order valence-corrected chi connectivity index (χ4v) is 4.61. The molecule has 0 spiro atoms. The Kier molecular flexibility index (Phi) is 4.99. The highest BCUT2D eigenvalue weighted by Crippen LogP contribution is 2.40. The van der Waals surface area contributed by atoms with Crippen LogP contribution in [0.4, 0.5) is 5.00 Å². The van der Waals surface area contributed by atoms with Crippen molar-refractivity contribution in [2.24, 2.45) is 0 Å². The van der Waals surface area contributed by atoms with Crippen molar-refractivity contribution in [3.63, 3.8) is 0 Å². The second kappa shape index (κ2) is 6.40. The number of ether oxygens (including phenoxy) is 1. The Hall–Kier alpha value is -1.01. The zero-order valence-corrected chi connectivity index (χ0v) is 14.5. The average Bonchev–Trinajstić information content (AvgIpc) is 2.97. The molecule has 1 amide bonds. The lowest BCUT2D eigenvalue weighted by molar-refractivity contribution is -0.118. The molecule has 0 aromatic carbocycles. The van der Waals surface area contributed by atoms with Crippen LogP contribution in [0.15, 0.2) is 0 Å². The summed E-state index contributed by atoms with van der Waals surface area (Å²) in [6.07, 6.45) is 1.93. The van der Waals surface area contributed by atoms with E-state index in [1.54, 1.807) is 18.7 Å². The predicted molar refractivity (Wildman–Crippen MR) is 88.5 cm³/mol. The molecule has 0 aliphatic carbocycles. The molecule has 21 heavy (non-hydrogen) atoms. The zero-order chi connectivity index (χ0) is 15.6. The number of thiophene rings is 1. The second-order valence-corrected chi connectivity index (χ2v) is 8.17. The number of esters is 1. The molecule has 1 atom stereocenters. The van der Waals surface area contributed by atoms with Crippen LogP contribution in [0.2, 0.25) is 0 Å². The zero-order valence-electron chi connectivity index (χ0n) is 12.9. The topological polar surface area (TPSA) is 55.4 Å². The molecule has 1 aliphatic heterocycles. The van der Waals surface area contributed by atoms with Gasteiger partial charge in [-0.1, -0.05) is 0 Å². The molecule has 1 aliphatic rings. The van der Waals surface area contributed by atoms with Crippen molar-refractivity contribution in [2.45, 2.75) is 45.3 Å². The smallest absolute Gasteiger partial charge is 0.341 e. The van der Waals surface area contributed by atoms with Gasteiger partial charge in [-0.2, -0.15) is 0 Å². The van der Waals surface area contributed by atoms with Gasteiger partial charge in [-0.15, -0.1) is 23.1 Å². The standard InChI is InChI=1S/C15H21NO3S2/c1-5-19-13(17)11-9(2)10(3)21-12(11)16-14(18)15(4)7-6-8-20-15/h5-8H2,1-4H3,(H,16,18). The van der Waals surface area contributed by atoms with Crippen LogP contribution in [0.5, 0.6) is 0 Å². The largest absolute Gasteiger partial charge is 0.462 e. The molecule has 6 heteroatoms. The molecule has 4 nitrogen and oxygen atoms in total. The van der Waals surface area contributed by atoms with E-state index < -0.39 is 4.75 Å². The molecule has 1 unspecified atom stereocenters. The molecular weight excluding hydrogens is 306 g/mol. The van der Waals surface area contributed by atoms with Crippen LogP contribution < -0.4 is 5.32 Å². The molecule has 1 aromatic rings. The van der Waals surface area contributed by atoms with Gasteiger partial charge in [-0.25, -0.2) is 4.79 Å². The fourth-order valence-electron chi connectivity index (χ4n) is 2.36. The molecule has 0 bridgehead atoms. The summed E-state index contributed by atoms with van der Waals surface area (Å²) in [7, 11) is 0. The van der Waals surface area contributed by atoms with Crippen LogP contribution >= 0.6 is 23.1 Å². The molecule has 116 valence electrons. The Balaban J connectivity index is 2.25. The van der Waals surface area contributed by atoms with Gasteiger partial charge in [0.15, 0.2) is 0 Å². The Labute approximate surface area is 133 Å². The van der Waals surface area contributed by atoms with Gasteiger partial charge in [0.05, 0.1) is 16.9 Å². The number of rotatable bonds is 4.